The number of hydrogen-bond donors (Lipinski definition) is 1. The molecule has 1 aliphatic rings. The van der Waals surface area contributed by atoms with Crippen molar-refractivity contribution >= 4 is 17.0 Å². The van der Waals surface area contributed by atoms with Gasteiger partial charge in [0, 0.05) is 5.92 Å². The average molecular weight is 209 g/mol. The number of hydrogen-bond acceptors (Lipinski definition) is 3. The lowest BCUT2D eigenvalue weighted by atomic mass is 9.84. The quantitative estimate of drug-likeness (QED) is 0.588. The molecule has 0 saturated heterocycles. The lowest BCUT2D eigenvalue weighted by Crippen LogP contribution is -2.21. The van der Waals surface area contributed by atoms with E-state index in [2.05, 4.69) is 22.0 Å². The summed E-state index contributed by atoms with van der Waals surface area (Å²) in [5, 5.41) is 16.6. The second-order valence-electron chi connectivity index (χ2n) is 3.87. The minimum atomic E-state index is 0.475. The van der Waals surface area contributed by atoms with Crippen LogP contribution in [0.2, 0.25) is 0 Å². The number of rotatable bonds is 2. The third-order valence-electron chi connectivity index (χ3n) is 2.90. The zero-order valence-electron chi connectivity index (χ0n) is 8.15. The molecule has 2 rings (SSSR count). The summed E-state index contributed by atoms with van der Waals surface area (Å²) >= 11 is 1.73. The van der Waals surface area contributed by atoms with Crippen molar-refractivity contribution in [3.8, 4) is 0 Å². The van der Waals surface area contributed by atoms with Gasteiger partial charge in [-0.3, -0.25) is 0 Å². The predicted molar refractivity (Wildman–Crippen MR) is 59.2 cm³/mol. The van der Waals surface area contributed by atoms with Crippen LogP contribution in [0.1, 0.15) is 31.2 Å². The van der Waals surface area contributed by atoms with E-state index in [1.807, 2.05) is 0 Å². The molecule has 2 nitrogen and oxygen atoms in total. The smallest absolute Gasteiger partial charge is 0.0604 e. The summed E-state index contributed by atoms with van der Waals surface area (Å²) in [7, 11) is 0. The van der Waals surface area contributed by atoms with Gasteiger partial charge in [0.15, 0.2) is 0 Å². The van der Waals surface area contributed by atoms with Crippen molar-refractivity contribution in [1.29, 1.82) is 0 Å². The van der Waals surface area contributed by atoms with E-state index in [1.54, 1.807) is 11.3 Å². The first-order chi connectivity index (χ1) is 6.90. The van der Waals surface area contributed by atoms with Crippen LogP contribution in [-0.2, 0) is 6.42 Å². The predicted octanol–water partition coefficient (Wildman–Crippen LogP) is 3.31. The highest BCUT2D eigenvalue weighted by Gasteiger charge is 2.21. The number of thiophene rings is 1. The monoisotopic (exact) mass is 209 g/mol. The van der Waals surface area contributed by atoms with E-state index in [0.717, 1.165) is 18.6 Å². The second-order valence-corrected chi connectivity index (χ2v) is 4.65. The molecule has 0 amide bonds. The third-order valence-corrected chi connectivity index (χ3v) is 3.63. The first-order valence-corrected chi connectivity index (χ1v) is 6.06. The molecule has 1 atom stereocenters. The normalized spacial score (nSPS) is 25.4. The van der Waals surface area contributed by atoms with Gasteiger partial charge in [0.1, 0.15) is 0 Å². The number of oxime groups is 1. The van der Waals surface area contributed by atoms with Gasteiger partial charge in [-0.15, -0.1) is 0 Å². The molecule has 1 aromatic rings. The van der Waals surface area contributed by atoms with Crippen LogP contribution in [0.4, 0.5) is 0 Å². The van der Waals surface area contributed by atoms with Crippen molar-refractivity contribution in [2.24, 2.45) is 11.1 Å². The fourth-order valence-corrected chi connectivity index (χ4v) is 2.79. The molecule has 14 heavy (non-hydrogen) atoms. The van der Waals surface area contributed by atoms with Crippen LogP contribution in [0.5, 0.6) is 0 Å². The Hall–Kier alpha value is -0.830. The summed E-state index contributed by atoms with van der Waals surface area (Å²) < 4.78 is 0. The van der Waals surface area contributed by atoms with Gasteiger partial charge in [0.25, 0.3) is 0 Å². The Bertz CT molecular complexity index is 305. The van der Waals surface area contributed by atoms with Crippen molar-refractivity contribution in [1.82, 2.24) is 0 Å². The standard InChI is InChI=1S/C11H15NOS/c13-12-11-4-2-1-3-10(11)7-9-5-6-14-8-9/h5-6,8,10,13H,1-4,7H2. The van der Waals surface area contributed by atoms with E-state index in [1.165, 1.54) is 24.8 Å². The van der Waals surface area contributed by atoms with E-state index in [-0.39, 0.29) is 0 Å². The molecule has 1 aromatic heterocycles. The number of nitrogens with zero attached hydrogens (tertiary/aromatic N) is 1. The molecule has 76 valence electrons. The molecule has 0 aromatic carbocycles. The molecular formula is C11H15NOS. The summed E-state index contributed by atoms with van der Waals surface area (Å²) in [6.45, 7) is 0. The second kappa shape index (κ2) is 4.60. The Morgan fingerprint density at radius 2 is 2.43 bits per heavy atom. The van der Waals surface area contributed by atoms with Crippen LogP contribution < -0.4 is 0 Å². The average Bonchev–Trinajstić information content (AvgIpc) is 2.71. The highest BCUT2D eigenvalue weighted by atomic mass is 32.1. The van der Waals surface area contributed by atoms with Crippen molar-refractivity contribution in [3.05, 3.63) is 22.4 Å². The molecule has 0 aliphatic heterocycles. The summed E-state index contributed by atoms with van der Waals surface area (Å²) in [6.07, 6.45) is 5.65. The maximum absolute atomic E-state index is 8.88. The Kier molecular flexibility index (Phi) is 3.19. The first-order valence-electron chi connectivity index (χ1n) is 5.12. The van der Waals surface area contributed by atoms with E-state index in [0.29, 0.717) is 5.92 Å². The summed E-state index contributed by atoms with van der Waals surface area (Å²) in [5.41, 5.74) is 2.38. The Morgan fingerprint density at radius 3 is 3.14 bits per heavy atom. The zero-order chi connectivity index (χ0) is 9.80. The Balaban J connectivity index is 2.02. The SMILES string of the molecule is ON=C1CCCCC1Cc1ccsc1. The van der Waals surface area contributed by atoms with Crippen molar-refractivity contribution in [2.45, 2.75) is 32.1 Å². The van der Waals surface area contributed by atoms with Crippen LogP contribution in [0.15, 0.2) is 22.0 Å². The molecule has 1 fully saturated rings. The molecular weight excluding hydrogens is 194 g/mol. The zero-order valence-corrected chi connectivity index (χ0v) is 8.96. The highest BCUT2D eigenvalue weighted by molar-refractivity contribution is 7.07. The largest absolute Gasteiger partial charge is 0.411 e. The van der Waals surface area contributed by atoms with E-state index >= 15 is 0 Å². The molecule has 1 N–H and O–H groups in total. The maximum Gasteiger partial charge on any atom is 0.0604 e. The summed E-state index contributed by atoms with van der Waals surface area (Å²) in [4.78, 5) is 0. The lowest BCUT2D eigenvalue weighted by Gasteiger charge is -2.22. The molecule has 0 bridgehead atoms. The van der Waals surface area contributed by atoms with Gasteiger partial charge < -0.3 is 5.21 Å². The van der Waals surface area contributed by atoms with E-state index < -0.39 is 0 Å². The molecule has 1 unspecified atom stereocenters. The Labute approximate surface area is 88.3 Å². The minimum Gasteiger partial charge on any atom is -0.411 e. The molecule has 3 heteroatoms. The van der Waals surface area contributed by atoms with Gasteiger partial charge >= 0.3 is 0 Å². The van der Waals surface area contributed by atoms with Gasteiger partial charge in [-0.25, -0.2) is 0 Å². The maximum atomic E-state index is 8.88. The third kappa shape index (κ3) is 2.15. The van der Waals surface area contributed by atoms with Crippen molar-refractivity contribution < 1.29 is 5.21 Å². The van der Waals surface area contributed by atoms with Crippen LogP contribution in [0.25, 0.3) is 0 Å². The topological polar surface area (TPSA) is 32.6 Å². The van der Waals surface area contributed by atoms with E-state index in [9.17, 15) is 0 Å². The van der Waals surface area contributed by atoms with Crippen molar-refractivity contribution in [2.75, 3.05) is 0 Å². The van der Waals surface area contributed by atoms with Crippen LogP contribution >= 0.6 is 11.3 Å². The first kappa shape index (κ1) is 9.71. The van der Waals surface area contributed by atoms with Gasteiger partial charge in [-0.05, 0) is 48.1 Å². The van der Waals surface area contributed by atoms with Crippen LogP contribution in [0.3, 0.4) is 0 Å². The highest BCUT2D eigenvalue weighted by Crippen LogP contribution is 2.25. The fraction of sp³-hybridized carbons (Fsp3) is 0.545. The van der Waals surface area contributed by atoms with E-state index in [4.69, 9.17) is 5.21 Å². The summed E-state index contributed by atoms with van der Waals surface area (Å²) in [6, 6.07) is 2.16. The molecule has 1 aliphatic carbocycles. The Morgan fingerprint density at radius 1 is 1.50 bits per heavy atom. The van der Waals surface area contributed by atoms with Gasteiger partial charge in [0.2, 0.25) is 0 Å². The van der Waals surface area contributed by atoms with Gasteiger partial charge in [0.05, 0.1) is 5.71 Å². The fourth-order valence-electron chi connectivity index (χ4n) is 2.11. The van der Waals surface area contributed by atoms with Gasteiger partial charge in [-0.1, -0.05) is 11.6 Å². The summed E-state index contributed by atoms with van der Waals surface area (Å²) in [5.74, 6) is 0.475. The van der Waals surface area contributed by atoms with Crippen molar-refractivity contribution in [3.63, 3.8) is 0 Å². The lowest BCUT2D eigenvalue weighted by molar-refractivity contribution is 0.308. The minimum absolute atomic E-state index is 0.475. The molecule has 0 spiro atoms. The van der Waals surface area contributed by atoms with Gasteiger partial charge in [-0.2, -0.15) is 11.3 Å². The molecule has 1 heterocycles. The van der Waals surface area contributed by atoms with Crippen LogP contribution in [-0.4, -0.2) is 10.9 Å². The molecule has 0 radical (unpaired) electrons. The molecule has 1 saturated carbocycles. The van der Waals surface area contributed by atoms with Crippen LogP contribution in [0, 0.1) is 5.92 Å².